The van der Waals surface area contributed by atoms with Crippen LogP contribution in [0.3, 0.4) is 0 Å². The van der Waals surface area contributed by atoms with Crippen molar-refractivity contribution in [1.82, 2.24) is 4.90 Å². The first kappa shape index (κ1) is 13.9. The van der Waals surface area contributed by atoms with Crippen LogP contribution in [0.15, 0.2) is 30.3 Å². The molecule has 1 aromatic carbocycles. The lowest BCUT2D eigenvalue weighted by Gasteiger charge is -2.23. The SMILES string of the molecule is O=C(OCc1ccccc1)[C@H](CC1CC1)N1CCOC1=O. The van der Waals surface area contributed by atoms with Crippen molar-refractivity contribution in [1.29, 1.82) is 0 Å². The highest BCUT2D eigenvalue weighted by Crippen LogP contribution is 2.35. The van der Waals surface area contributed by atoms with Gasteiger partial charge in [-0.1, -0.05) is 43.2 Å². The number of cyclic esters (lactones) is 1. The summed E-state index contributed by atoms with van der Waals surface area (Å²) in [5.74, 6) is 0.206. The van der Waals surface area contributed by atoms with E-state index >= 15 is 0 Å². The lowest BCUT2D eigenvalue weighted by molar-refractivity contribution is -0.150. The molecule has 0 spiro atoms. The van der Waals surface area contributed by atoms with Crippen LogP contribution in [0, 0.1) is 5.92 Å². The second-order valence-corrected chi connectivity index (χ2v) is 5.60. The lowest BCUT2D eigenvalue weighted by atomic mass is 10.1. The van der Waals surface area contributed by atoms with Crippen LogP contribution in [-0.4, -0.2) is 36.2 Å². The van der Waals surface area contributed by atoms with E-state index in [-0.39, 0.29) is 12.6 Å². The molecule has 1 saturated carbocycles. The molecule has 0 radical (unpaired) electrons. The molecular formula is C16H19NO4. The summed E-state index contributed by atoms with van der Waals surface area (Å²) in [6.45, 7) is 1.06. The molecule has 1 aliphatic carbocycles. The van der Waals surface area contributed by atoms with E-state index in [2.05, 4.69) is 0 Å². The molecule has 0 bridgehead atoms. The van der Waals surface area contributed by atoms with E-state index in [4.69, 9.17) is 9.47 Å². The van der Waals surface area contributed by atoms with Crippen LogP contribution in [0.5, 0.6) is 0 Å². The van der Waals surface area contributed by atoms with Crippen LogP contribution in [0.25, 0.3) is 0 Å². The second-order valence-electron chi connectivity index (χ2n) is 5.60. The van der Waals surface area contributed by atoms with Crippen molar-refractivity contribution >= 4 is 12.1 Å². The number of benzene rings is 1. The zero-order valence-corrected chi connectivity index (χ0v) is 11.9. The topological polar surface area (TPSA) is 55.8 Å². The minimum Gasteiger partial charge on any atom is -0.459 e. The van der Waals surface area contributed by atoms with Crippen molar-refractivity contribution in [2.45, 2.75) is 31.9 Å². The molecule has 1 heterocycles. The van der Waals surface area contributed by atoms with Crippen LogP contribution in [0.1, 0.15) is 24.8 Å². The summed E-state index contributed by atoms with van der Waals surface area (Å²) < 4.78 is 10.3. The third-order valence-electron chi connectivity index (χ3n) is 3.92. The Morgan fingerprint density at radius 1 is 1.33 bits per heavy atom. The molecule has 3 rings (SSSR count). The maximum Gasteiger partial charge on any atom is 0.410 e. The van der Waals surface area contributed by atoms with Crippen molar-refractivity contribution in [3.8, 4) is 0 Å². The molecule has 2 fully saturated rings. The van der Waals surface area contributed by atoms with Crippen molar-refractivity contribution in [3.63, 3.8) is 0 Å². The molecule has 5 nitrogen and oxygen atoms in total. The monoisotopic (exact) mass is 289 g/mol. The number of nitrogens with zero attached hydrogens (tertiary/aromatic N) is 1. The number of hydrogen-bond donors (Lipinski definition) is 0. The van der Waals surface area contributed by atoms with Gasteiger partial charge in [-0.15, -0.1) is 0 Å². The average Bonchev–Trinajstić information content (AvgIpc) is 3.24. The van der Waals surface area contributed by atoms with Crippen LogP contribution >= 0.6 is 0 Å². The van der Waals surface area contributed by atoms with Gasteiger partial charge < -0.3 is 9.47 Å². The first-order chi connectivity index (χ1) is 10.2. The molecule has 0 N–H and O–H groups in total. The average molecular weight is 289 g/mol. The third-order valence-corrected chi connectivity index (χ3v) is 3.92. The first-order valence-electron chi connectivity index (χ1n) is 7.38. The highest BCUT2D eigenvalue weighted by atomic mass is 16.6. The Bertz CT molecular complexity index is 512. The molecular weight excluding hydrogens is 270 g/mol. The predicted molar refractivity (Wildman–Crippen MR) is 75.4 cm³/mol. The molecule has 0 unspecified atom stereocenters. The van der Waals surface area contributed by atoms with Gasteiger partial charge in [-0.2, -0.15) is 0 Å². The molecule has 1 saturated heterocycles. The Morgan fingerprint density at radius 3 is 2.71 bits per heavy atom. The van der Waals surface area contributed by atoms with Gasteiger partial charge in [-0.25, -0.2) is 9.59 Å². The number of carbonyl (C=O) groups excluding carboxylic acids is 2. The van der Waals surface area contributed by atoms with Crippen LogP contribution in [0.4, 0.5) is 4.79 Å². The van der Waals surface area contributed by atoms with E-state index in [1.807, 2.05) is 30.3 Å². The summed E-state index contributed by atoms with van der Waals surface area (Å²) in [5.41, 5.74) is 0.944. The smallest absolute Gasteiger partial charge is 0.410 e. The Kier molecular flexibility index (Phi) is 4.08. The standard InChI is InChI=1S/C16H19NO4/c18-15(21-11-13-4-2-1-3-5-13)14(10-12-6-7-12)17-8-9-20-16(17)19/h1-5,12,14H,6-11H2/t14-/m0/s1. The fourth-order valence-corrected chi connectivity index (χ4v) is 2.53. The van der Waals surface area contributed by atoms with Crippen molar-refractivity contribution in [2.75, 3.05) is 13.2 Å². The molecule has 21 heavy (non-hydrogen) atoms. The molecule has 1 amide bonds. The maximum absolute atomic E-state index is 12.3. The van der Waals surface area contributed by atoms with E-state index in [1.165, 1.54) is 4.90 Å². The van der Waals surface area contributed by atoms with E-state index in [0.717, 1.165) is 18.4 Å². The van der Waals surface area contributed by atoms with Crippen LogP contribution in [-0.2, 0) is 20.9 Å². The number of esters is 1. The van der Waals surface area contributed by atoms with Crippen molar-refractivity contribution < 1.29 is 19.1 Å². The lowest BCUT2D eigenvalue weighted by Crippen LogP contribution is -2.43. The van der Waals surface area contributed by atoms with Crippen LogP contribution in [0.2, 0.25) is 0 Å². The van der Waals surface area contributed by atoms with E-state index in [9.17, 15) is 9.59 Å². The molecule has 5 heteroatoms. The van der Waals surface area contributed by atoms with Gasteiger partial charge >= 0.3 is 12.1 Å². The molecule has 1 aromatic rings. The number of rotatable bonds is 6. The molecule has 0 aromatic heterocycles. The number of hydrogen-bond acceptors (Lipinski definition) is 4. The van der Waals surface area contributed by atoms with Gasteiger partial charge in [0.05, 0.1) is 6.54 Å². The van der Waals surface area contributed by atoms with Crippen molar-refractivity contribution in [3.05, 3.63) is 35.9 Å². The van der Waals surface area contributed by atoms with Crippen LogP contribution < -0.4 is 0 Å². The summed E-state index contributed by atoms with van der Waals surface area (Å²) in [5, 5.41) is 0. The highest BCUT2D eigenvalue weighted by Gasteiger charge is 2.39. The van der Waals surface area contributed by atoms with Gasteiger partial charge in [0.15, 0.2) is 0 Å². The number of carbonyl (C=O) groups is 2. The zero-order valence-electron chi connectivity index (χ0n) is 11.9. The quantitative estimate of drug-likeness (QED) is 0.754. The maximum atomic E-state index is 12.3. The number of amides is 1. The molecule has 2 aliphatic rings. The van der Waals surface area contributed by atoms with Gasteiger partial charge in [-0.05, 0) is 17.9 Å². The van der Waals surface area contributed by atoms with E-state index in [0.29, 0.717) is 25.5 Å². The summed E-state index contributed by atoms with van der Waals surface area (Å²) in [4.78, 5) is 25.5. The fourth-order valence-electron chi connectivity index (χ4n) is 2.53. The van der Waals surface area contributed by atoms with E-state index < -0.39 is 12.1 Å². The fraction of sp³-hybridized carbons (Fsp3) is 0.500. The highest BCUT2D eigenvalue weighted by molar-refractivity contribution is 5.82. The Balaban J connectivity index is 1.61. The normalized spacial score (nSPS) is 19.2. The zero-order chi connectivity index (χ0) is 14.7. The van der Waals surface area contributed by atoms with Gasteiger partial charge in [0.25, 0.3) is 0 Å². The van der Waals surface area contributed by atoms with Gasteiger partial charge in [0, 0.05) is 0 Å². The molecule has 112 valence electrons. The minimum absolute atomic E-state index is 0.240. The summed E-state index contributed by atoms with van der Waals surface area (Å²) in [6.07, 6.45) is 2.54. The Hall–Kier alpha value is -2.04. The molecule has 1 aliphatic heterocycles. The third kappa shape index (κ3) is 3.54. The number of ether oxygens (including phenoxy) is 2. The predicted octanol–water partition coefficient (Wildman–Crippen LogP) is 2.35. The van der Waals surface area contributed by atoms with E-state index in [1.54, 1.807) is 0 Å². The van der Waals surface area contributed by atoms with Gasteiger partial charge in [0.1, 0.15) is 19.3 Å². The summed E-state index contributed by atoms with van der Waals surface area (Å²) in [7, 11) is 0. The summed E-state index contributed by atoms with van der Waals surface area (Å²) >= 11 is 0. The summed E-state index contributed by atoms with van der Waals surface area (Å²) in [6, 6.07) is 9.05. The first-order valence-corrected chi connectivity index (χ1v) is 7.38. The minimum atomic E-state index is -0.504. The van der Waals surface area contributed by atoms with Crippen molar-refractivity contribution in [2.24, 2.45) is 5.92 Å². The second kappa shape index (κ2) is 6.16. The molecule has 1 atom stereocenters. The van der Waals surface area contributed by atoms with Gasteiger partial charge in [0.2, 0.25) is 0 Å². The van der Waals surface area contributed by atoms with Gasteiger partial charge in [-0.3, -0.25) is 4.90 Å². The Labute approximate surface area is 123 Å². The Morgan fingerprint density at radius 2 is 2.10 bits per heavy atom. The largest absolute Gasteiger partial charge is 0.459 e.